The van der Waals surface area contributed by atoms with Crippen LogP contribution in [0, 0.1) is 0 Å². The molecule has 0 saturated carbocycles. The molecule has 25 heavy (non-hydrogen) atoms. The highest BCUT2D eigenvalue weighted by molar-refractivity contribution is 5.89. The lowest BCUT2D eigenvalue weighted by Gasteiger charge is -2.30. The maximum atomic E-state index is 12.5. The molecule has 132 valence electrons. The van der Waals surface area contributed by atoms with E-state index in [2.05, 4.69) is 5.32 Å². The van der Waals surface area contributed by atoms with Gasteiger partial charge in [0.1, 0.15) is 0 Å². The monoisotopic (exact) mass is 341 g/mol. The fraction of sp³-hybridized carbons (Fsp3) is 0.300. The van der Waals surface area contributed by atoms with Gasteiger partial charge in [-0.1, -0.05) is 61.5 Å². The van der Waals surface area contributed by atoms with Gasteiger partial charge in [0.05, 0.1) is 13.0 Å². The Morgan fingerprint density at radius 1 is 1.08 bits per heavy atom. The van der Waals surface area contributed by atoms with E-state index in [-0.39, 0.29) is 18.7 Å². The van der Waals surface area contributed by atoms with E-state index in [9.17, 15) is 14.7 Å². The Balaban J connectivity index is 2.20. The summed E-state index contributed by atoms with van der Waals surface area (Å²) in [6.07, 6.45) is 0.362. The third kappa shape index (κ3) is 4.45. The summed E-state index contributed by atoms with van der Waals surface area (Å²) in [5.41, 5.74) is 0.917. The Morgan fingerprint density at radius 3 is 2.36 bits per heavy atom. The van der Waals surface area contributed by atoms with E-state index in [0.717, 1.165) is 11.1 Å². The number of carboxylic acid groups (broad SMARTS) is 1. The molecule has 1 amide bonds. The number of carboxylic acids is 1. The second-order valence-electron chi connectivity index (χ2n) is 5.91. The predicted octanol–water partition coefficient (Wildman–Crippen LogP) is 2.88. The van der Waals surface area contributed by atoms with Gasteiger partial charge in [-0.2, -0.15) is 0 Å². The molecule has 5 heteroatoms. The smallest absolute Gasteiger partial charge is 0.334 e. The number of rotatable bonds is 8. The molecule has 0 spiro atoms. The van der Waals surface area contributed by atoms with Crippen LogP contribution in [0.2, 0.25) is 0 Å². The molecule has 0 aliphatic carbocycles. The number of methoxy groups -OCH3 is 1. The standard InChI is InChI=1S/C20H23NO4/c1-3-20(19(23)24,17-10-5-4-6-11-17)21-18(22)13-15-8-7-9-16(12-15)14-25-2/h4-12H,3,13-14H2,1-2H3,(H,21,22)(H,23,24). The predicted molar refractivity (Wildman–Crippen MR) is 95.0 cm³/mol. The number of nitrogens with one attached hydrogen (secondary N) is 1. The largest absolute Gasteiger partial charge is 0.479 e. The van der Waals surface area contributed by atoms with Gasteiger partial charge in [0, 0.05) is 7.11 Å². The topological polar surface area (TPSA) is 75.6 Å². The minimum absolute atomic E-state index is 0.111. The van der Waals surface area contributed by atoms with Crippen LogP contribution in [-0.4, -0.2) is 24.1 Å². The number of ether oxygens (including phenoxy) is 1. The number of carbonyl (C=O) groups is 2. The highest BCUT2D eigenvalue weighted by Crippen LogP contribution is 2.25. The van der Waals surface area contributed by atoms with Crippen LogP contribution in [0.3, 0.4) is 0 Å². The van der Waals surface area contributed by atoms with Crippen LogP contribution in [0.5, 0.6) is 0 Å². The minimum atomic E-state index is -1.43. The van der Waals surface area contributed by atoms with Gasteiger partial charge in [-0.3, -0.25) is 4.79 Å². The van der Waals surface area contributed by atoms with Gasteiger partial charge in [-0.25, -0.2) is 4.79 Å². The van der Waals surface area contributed by atoms with Gasteiger partial charge in [0.15, 0.2) is 5.54 Å². The SMILES string of the molecule is CCC(NC(=O)Cc1cccc(COC)c1)(C(=O)O)c1ccccc1. The van der Waals surface area contributed by atoms with Gasteiger partial charge in [0.2, 0.25) is 5.91 Å². The summed E-state index contributed by atoms with van der Waals surface area (Å²) in [5, 5.41) is 12.5. The molecule has 0 aromatic heterocycles. The van der Waals surface area contributed by atoms with E-state index in [1.54, 1.807) is 38.3 Å². The lowest BCUT2D eigenvalue weighted by atomic mass is 9.87. The van der Waals surface area contributed by atoms with Gasteiger partial charge < -0.3 is 15.2 Å². The minimum Gasteiger partial charge on any atom is -0.479 e. The molecule has 0 fully saturated rings. The maximum Gasteiger partial charge on any atom is 0.334 e. The van der Waals surface area contributed by atoms with Crippen molar-refractivity contribution in [2.75, 3.05) is 7.11 Å². The Labute approximate surface area is 147 Å². The average Bonchev–Trinajstić information content (AvgIpc) is 2.61. The van der Waals surface area contributed by atoms with Crippen molar-refractivity contribution in [3.05, 3.63) is 71.3 Å². The van der Waals surface area contributed by atoms with Crippen molar-refractivity contribution >= 4 is 11.9 Å². The summed E-state index contributed by atoms with van der Waals surface area (Å²) in [5.74, 6) is -1.40. The Kier molecular flexibility index (Phi) is 6.31. The molecule has 0 heterocycles. The zero-order valence-electron chi connectivity index (χ0n) is 14.5. The molecule has 0 bridgehead atoms. The molecule has 2 rings (SSSR count). The second-order valence-corrected chi connectivity index (χ2v) is 5.91. The molecule has 5 nitrogen and oxygen atoms in total. The zero-order valence-corrected chi connectivity index (χ0v) is 14.5. The highest BCUT2D eigenvalue weighted by Gasteiger charge is 2.40. The van der Waals surface area contributed by atoms with Crippen molar-refractivity contribution in [1.82, 2.24) is 5.32 Å². The summed E-state index contributed by atoms with van der Waals surface area (Å²) in [6, 6.07) is 16.3. The lowest BCUT2D eigenvalue weighted by Crippen LogP contribution is -2.52. The number of hydrogen-bond donors (Lipinski definition) is 2. The average molecular weight is 341 g/mol. The maximum absolute atomic E-state index is 12.5. The quantitative estimate of drug-likeness (QED) is 0.774. The summed E-state index contributed by atoms with van der Waals surface area (Å²) in [6.45, 7) is 2.22. The summed E-state index contributed by atoms with van der Waals surface area (Å²) in [4.78, 5) is 24.5. The fourth-order valence-corrected chi connectivity index (χ4v) is 2.88. The number of benzene rings is 2. The molecule has 2 aromatic rings. The summed E-state index contributed by atoms with van der Waals surface area (Å²) in [7, 11) is 1.61. The first-order valence-corrected chi connectivity index (χ1v) is 8.18. The van der Waals surface area contributed by atoms with E-state index < -0.39 is 11.5 Å². The van der Waals surface area contributed by atoms with Crippen LogP contribution in [-0.2, 0) is 32.9 Å². The van der Waals surface area contributed by atoms with Gasteiger partial charge in [-0.15, -0.1) is 0 Å². The second kappa shape index (κ2) is 8.44. The molecule has 1 unspecified atom stereocenters. The van der Waals surface area contributed by atoms with Crippen molar-refractivity contribution in [3.63, 3.8) is 0 Å². The Bertz CT molecular complexity index is 729. The number of hydrogen-bond acceptors (Lipinski definition) is 3. The molecule has 0 radical (unpaired) electrons. The molecule has 1 atom stereocenters. The first-order valence-electron chi connectivity index (χ1n) is 8.18. The lowest BCUT2D eigenvalue weighted by molar-refractivity contribution is -0.148. The van der Waals surface area contributed by atoms with Gasteiger partial charge in [-0.05, 0) is 23.1 Å². The molecule has 2 aromatic carbocycles. The Morgan fingerprint density at radius 2 is 1.76 bits per heavy atom. The fourth-order valence-electron chi connectivity index (χ4n) is 2.88. The van der Waals surface area contributed by atoms with Crippen LogP contribution in [0.4, 0.5) is 0 Å². The van der Waals surface area contributed by atoms with Crippen molar-refractivity contribution in [1.29, 1.82) is 0 Å². The van der Waals surface area contributed by atoms with Crippen LogP contribution >= 0.6 is 0 Å². The molecule has 2 N–H and O–H groups in total. The molecule has 0 aliphatic rings. The van der Waals surface area contributed by atoms with Gasteiger partial charge in [0.25, 0.3) is 0 Å². The van der Waals surface area contributed by atoms with Crippen LogP contribution in [0.1, 0.15) is 30.0 Å². The van der Waals surface area contributed by atoms with Gasteiger partial charge >= 0.3 is 5.97 Å². The molecule has 0 saturated heterocycles. The van der Waals surface area contributed by atoms with Crippen LogP contribution in [0.15, 0.2) is 54.6 Å². The van der Waals surface area contributed by atoms with E-state index in [1.165, 1.54) is 0 Å². The van der Waals surface area contributed by atoms with Crippen LogP contribution in [0.25, 0.3) is 0 Å². The zero-order chi connectivity index (χ0) is 18.3. The van der Waals surface area contributed by atoms with Crippen molar-refractivity contribution in [3.8, 4) is 0 Å². The van der Waals surface area contributed by atoms with Crippen molar-refractivity contribution < 1.29 is 19.4 Å². The normalized spacial score (nSPS) is 13.0. The third-order valence-corrected chi connectivity index (χ3v) is 4.18. The summed E-state index contributed by atoms with van der Waals surface area (Å²) < 4.78 is 5.10. The molecular formula is C20H23NO4. The summed E-state index contributed by atoms with van der Waals surface area (Å²) >= 11 is 0. The molecule has 0 aliphatic heterocycles. The molecular weight excluding hydrogens is 318 g/mol. The van der Waals surface area contributed by atoms with E-state index in [1.807, 2.05) is 30.3 Å². The van der Waals surface area contributed by atoms with Crippen molar-refractivity contribution in [2.24, 2.45) is 0 Å². The number of amides is 1. The van der Waals surface area contributed by atoms with Crippen LogP contribution < -0.4 is 5.32 Å². The van der Waals surface area contributed by atoms with E-state index in [0.29, 0.717) is 12.2 Å². The Hall–Kier alpha value is -2.66. The van der Waals surface area contributed by atoms with E-state index in [4.69, 9.17) is 4.74 Å². The third-order valence-electron chi connectivity index (χ3n) is 4.18. The number of aliphatic carboxylic acids is 1. The first kappa shape index (κ1) is 18.7. The first-order chi connectivity index (χ1) is 12.0. The highest BCUT2D eigenvalue weighted by atomic mass is 16.5. The number of carbonyl (C=O) groups excluding carboxylic acids is 1. The van der Waals surface area contributed by atoms with E-state index >= 15 is 0 Å². The van der Waals surface area contributed by atoms with Crippen molar-refractivity contribution in [2.45, 2.75) is 31.9 Å².